The van der Waals surface area contributed by atoms with Gasteiger partial charge in [0.15, 0.2) is 6.10 Å². The minimum atomic E-state index is -0.601. The van der Waals surface area contributed by atoms with Gasteiger partial charge in [0.25, 0.3) is 5.91 Å². The first kappa shape index (κ1) is 22.1. The molecule has 0 saturated heterocycles. The van der Waals surface area contributed by atoms with Crippen molar-refractivity contribution in [2.24, 2.45) is 0 Å². The van der Waals surface area contributed by atoms with Crippen LogP contribution in [-0.4, -0.2) is 48.3 Å². The van der Waals surface area contributed by atoms with Crippen molar-refractivity contribution >= 4 is 5.91 Å². The van der Waals surface area contributed by atoms with E-state index in [-0.39, 0.29) is 12.5 Å². The van der Waals surface area contributed by atoms with E-state index in [1.807, 2.05) is 38.1 Å². The predicted octanol–water partition coefficient (Wildman–Crippen LogP) is 3.88. The summed E-state index contributed by atoms with van der Waals surface area (Å²) in [7, 11) is 4.83. The van der Waals surface area contributed by atoms with E-state index in [9.17, 15) is 4.79 Å². The highest BCUT2D eigenvalue weighted by Crippen LogP contribution is 2.31. The lowest BCUT2D eigenvalue weighted by atomic mass is 10.2. The molecule has 164 valence electrons. The van der Waals surface area contributed by atoms with Gasteiger partial charge in [-0.1, -0.05) is 24.2 Å². The van der Waals surface area contributed by atoms with E-state index in [2.05, 4.69) is 10.1 Å². The van der Waals surface area contributed by atoms with Crippen molar-refractivity contribution in [3.05, 3.63) is 53.9 Å². The summed E-state index contributed by atoms with van der Waals surface area (Å²) in [5, 5.41) is 4.03. The van der Waals surface area contributed by atoms with Gasteiger partial charge in [0.05, 0.1) is 26.3 Å². The highest BCUT2D eigenvalue weighted by Gasteiger charge is 2.24. The fraction of sp³-hybridized carbons (Fsp3) is 0.348. The number of methoxy groups -OCH3 is 2. The van der Waals surface area contributed by atoms with Crippen LogP contribution < -0.4 is 14.2 Å². The van der Waals surface area contributed by atoms with E-state index in [1.54, 1.807) is 39.5 Å². The Balaban J connectivity index is 1.70. The number of hydrogen-bond donors (Lipinski definition) is 0. The van der Waals surface area contributed by atoms with Gasteiger partial charge in [0, 0.05) is 13.1 Å². The van der Waals surface area contributed by atoms with Crippen LogP contribution in [0, 0.1) is 6.92 Å². The molecular weight excluding hydrogens is 398 g/mol. The molecule has 0 spiro atoms. The van der Waals surface area contributed by atoms with Gasteiger partial charge in [-0.25, -0.2) is 0 Å². The summed E-state index contributed by atoms with van der Waals surface area (Å²) < 4.78 is 21.9. The monoisotopic (exact) mass is 425 g/mol. The van der Waals surface area contributed by atoms with Crippen LogP contribution in [0.4, 0.5) is 0 Å². The zero-order valence-electron chi connectivity index (χ0n) is 18.4. The normalized spacial score (nSPS) is 11.6. The number of hydrogen-bond acceptors (Lipinski definition) is 7. The van der Waals surface area contributed by atoms with Gasteiger partial charge in [-0.3, -0.25) is 4.79 Å². The minimum absolute atomic E-state index is 0.161. The molecule has 31 heavy (non-hydrogen) atoms. The number of carbonyl (C=O) groups is 1. The molecule has 1 amide bonds. The van der Waals surface area contributed by atoms with Gasteiger partial charge in [-0.2, -0.15) is 4.98 Å². The molecule has 8 nitrogen and oxygen atoms in total. The van der Waals surface area contributed by atoms with E-state index in [4.69, 9.17) is 18.7 Å². The van der Waals surface area contributed by atoms with Crippen molar-refractivity contribution < 1.29 is 23.5 Å². The SMILES string of the molecule is CCC(Oc1cccc(C)c1)C(=O)N(C)Cc1nc(-c2ccc(OC)cc2OC)no1. The standard InChI is InChI=1S/C23H27N3O5/c1-6-19(30-17-9-7-8-15(2)12-17)23(27)26(3)14-21-24-22(25-31-21)18-11-10-16(28-4)13-20(18)29-5/h7-13,19H,6,14H2,1-5H3. The van der Waals surface area contributed by atoms with Crippen LogP contribution in [0.5, 0.6) is 17.2 Å². The molecule has 1 heterocycles. The van der Waals surface area contributed by atoms with Crippen molar-refractivity contribution in [3.63, 3.8) is 0 Å². The summed E-state index contributed by atoms with van der Waals surface area (Å²) in [4.78, 5) is 18.8. The molecule has 3 rings (SSSR count). The first-order valence-corrected chi connectivity index (χ1v) is 9.98. The van der Waals surface area contributed by atoms with Crippen molar-refractivity contribution in [3.8, 4) is 28.6 Å². The topological polar surface area (TPSA) is 86.9 Å². The van der Waals surface area contributed by atoms with Crippen LogP contribution in [0.2, 0.25) is 0 Å². The highest BCUT2D eigenvalue weighted by atomic mass is 16.5. The van der Waals surface area contributed by atoms with Crippen LogP contribution in [0.25, 0.3) is 11.4 Å². The van der Waals surface area contributed by atoms with Gasteiger partial charge in [-0.05, 0) is 43.2 Å². The van der Waals surface area contributed by atoms with Crippen molar-refractivity contribution in [1.82, 2.24) is 15.0 Å². The Kier molecular flexibility index (Phi) is 7.12. The molecule has 2 aromatic carbocycles. The Hall–Kier alpha value is -3.55. The Labute approximate surface area is 181 Å². The number of carbonyl (C=O) groups excluding carboxylic acids is 1. The van der Waals surface area contributed by atoms with Gasteiger partial charge < -0.3 is 23.6 Å². The zero-order chi connectivity index (χ0) is 22.4. The van der Waals surface area contributed by atoms with Gasteiger partial charge in [-0.15, -0.1) is 0 Å². The first-order chi connectivity index (χ1) is 14.9. The second-order valence-electron chi connectivity index (χ2n) is 7.10. The van der Waals surface area contributed by atoms with E-state index in [1.165, 1.54) is 4.90 Å². The highest BCUT2D eigenvalue weighted by molar-refractivity contribution is 5.81. The summed E-state index contributed by atoms with van der Waals surface area (Å²) >= 11 is 0. The molecule has 0 bridgehead atoms. The van der Waals surface area contributed by atoms with E-state index >= 15 is 0 Å². The van der Waals surface area contributed by atoms with E-state index < -0.39 is 6.10 Å². The number of aromatic nitrogens is 2. The number of nitrogens with zero attached hydrogens (tertiary/aromatic N) is 3. The van der Waals surface area contributed by atoms with Crippen LogP contribution in [-0.2, 0) is 11.3 Å². The third-order valence-corrected chi connectivity index (χ3v) is 4.78. The molecular formula is C23H27N3O5. The lowest BCUT2D eigenvalue weighted by molar-refractivity contribution is -0.138. The van der Waals surface area contributed by atoms with Gasteiger partial charge in [0.2, 0.25) is 11.7 Å². The van der Waals surface area contributed by atoms with Crippen LogP contribution in [0.3, 0.4) is 0 Å². The fourth-order valence-corrected chi connectivity index (χ4v) is 3.10. The van der Waals surface area contributed by atoms with Gasteiger partial charge in [0.1, 0.15) is 17.2 Å². The molecule has 1 unspecified atom stereocenters. The van der Waals surface area contributed by atoms with Crippen molar-refractivity contribution in [2.45, 2.75) is 32.9 Å². The molecule has 0 N–H and O–H groups in total. The van der Waals surface area contributed by atoms with Crippen molar-refractivity contribution in [2.75, 3.05) is 21.3 Å². The molecule has 1 aromatic heterocycles. The summed E-state index contributed by atoms with van der Waals surface area (Å²) in [5.74, 6) is 2.42. The summed E-state index contributed by atoms with van der Waals surface area (Å²) in [6.07, 6.45) is -0.0641. The Morgan fingerprint density at radius 1 is 1.13 bits per heavy atom. The van der Waals surface area contributed by atoms with Crippen molar-refractivity contribution in [1.29, 1.82) is 0 Å². The number of rotatable bonds is 9. The third kappa shape index (κ3) is 5.33. The number of ether oxygens (including phenoxy) is 3. The minimum Gasteiger partial charge on any atom is -0.497 e. The zero-order valence-corrected chi connectivity index (χ0v) is 18.4. The first-order valence-electron chi connectivity index (χ1n) is 9.98. The maximum atomic E-state index is 12.9. The number of benzene rings is 2. The van der Waals surface area contributed by atoms with E-state index in [0.717, 1.165) is 5.56 Å². The largest absolute Gasteiger partial charge is 0.497 e. The molecule has 1 atom stereocenters. The molecule has 8 heteroatoms. The number of aryl methyl sites for hydroxylation is 1. The smallest absolute Gasteiger partial charge is 0.263 e. The molecule has 0 aliphatic carbocycles. The molecule has 3 aromatic rings. The van der Waals surface area contributed by atoms with Crippen LogP contribution in [0.15, 0.2) is 47.0 Å². The average Bonchev–Trinajstić information content (AvgIpc) is 3.24. The fourth-order valence-electron chi connectivity index (χ4n) is 3.10. The number of likely N-dealkylation sites (N-methyl/N-ethyl adjacent to an activating group) is 1. The summed E-state index contributed by atoms with van der Waals surface area (Å²) in [6, 6.07) is 13.0. The Morgan fingerprint density at radius 2 is 1.94 bits per heavy atom. The summed E-state index contributed by atoms with van der Waals surface area (Å²) in [6.45, 7) is 4.05. The molecule has 0 aliphatic rings. The molecule has 0 radical (unpaired) electrons. The predicted molar refractivity (Wildman–Crippen MR) is 115 cm³/mol. The maximum absolute atomic E-state index is 12.9. The molecule has 0 fully saturated rings. The van der Waals surface area contributed by atoms with Crippen LogP contribution in [0.1, 0.15) is 24.8 Å². The lowest BCUT2D eigenvalue weighted by Gasteiger charge is -2.22. The second kappa shape index (κ2) is 9.97. The average molecular weight is 425 g/mol. The quantitative estimate of drug-likeness (QED) is 0.514. The Morgan fingerprint density at radius 3 is 2.61 bits per heavy atom. The Bertz CT molecular complexity index is 1030. The van der Waals surface area contributed by atoms with E-state index in [0.29, 0.717) is 40.9 Å². The van der Waals surface area contributed by atoms with Gasteiger partial charge >= 0.3 is 0 Å². The maximum Gasteiger partial charge on any atom is 0.263 e. The lowest BCUT2D eigenvalue weighted by Crippen LogP contribution is -2.39. The number of amides is 1. The van der Waals surface area contributed by atoms with Crippen LogP contribution >= 0.6 is 0 Å². The second-order valence-corrected chi connectivity index (χ2v) is 7.10. The molecule has 0 saturated carbocycles. The molecule has 0 aliphatic heterocycles. The third-order valence-electron chi connectivity index (χ3n) is 4.78. The summed E-state index contributed by atoms with van der Waals surface area (Å²) in [5.41, 5.74) is 1.74.